The molecule has 1 N–H and O–H groups in total. The van der Waals surface area contributed by atoms with E-state index >= 15 is 0 Å². The van der Waals surface area contributed by atoms with Gasteiger partial charge in [0.2, 0.25) is 0 Å². The lowest BCUT2D eigenvalue weighted by Crippen LogP contribution is -2.43. The van der Waals surface area contributed by atoms with Gasteiger partial charge in [-0.2, -0.15) is 0 Å². The van der Waals surface area contributed by atoms with Crippen LogP contribution in [-0.2, 0) is 11.2 Å². The van der Waals surface area contributed by atoms with E-state index in [1.807, 2.05) is 18.2 Å². The third-order valence-corrected chi connectivity index (χ3v) is 3.93. The van der Waals surface area contributed by atoms with Gasteiger partial charge in [0, 0.05) is 24.7 Å². The zero-order valence-electron chi connectivity index (χ0n) is 11.2. The number of hydrogen-bond acceptors (Lipinski definition) is 2. The Morgan fingerprint density at radius 3 is 2.95 bits per heavy atom. The van der Waals surface area contributed by atoms with Gasteiger partial charge in [-0.3, -0.25) is 4.79 Å². The van der Waals surface area contributed by atoms with Crippen molar-refractivity contribution in [2.75, 3.05) is 19.6 Å². The van der Waals surface area contributed by atoms with Crippen LogP contribution in [-0.4, -0.2) is 35.6 Å². The van der Waals surface area contributed by atoms with E-state index in [1.165, 1.54) is 5.56 Å². The lowest BCUT2D eigenvalue weighted by atomic mass is 9.90. The molecule has 1 saturated heterocycles. The topological polar surface area (TPSA) is 40.5 Å². The molecule has 1 aliphatic rings. The molecule has 1 aromatic carbocycles. The zero-order valence-corrected chi connectivity index (χ0v) is 11.9. The molecular formula is C15H20ClNO2. The Balaban J connectivity index is 1.90. The van der Waals surface area contributed by atoms with Gasteiger partial charge in [0.15, 0.2) is 0 Å². The van der Waals surface area contributed by atoms with E-state index in [1.54, 1.807) is 0 Å². The summed E-state index contributed by atoms with van der Waals surface area (Å²) in [6, 6.07) is 7.86. The molecule has 0 saturated carbocycles. The van der Waals surface area contributed by atoms with Crippen LogP contribution < -0.4 is 0 Å². The zero-order chi connectivity index (χ0) is 13.8. The van der Waals surface area contributed by atoms with Crippen LogP contribution >= 0.6 is 11.6 Å². The number of likely N-dealkylation sites (tertiary alicyclic amines) is 1. The van der Waals surface area contributed by atoms with Gasteiger partial charge in [0.1, 0.15) is 0 Å². The molecule has 0 radical (unpaired) electrons. The van der Waals surface area contributed by atoms with Crippen molar-refractivity contribution in [1.82, 2.24) is 4.90 Å². The van der Waals surface area contributed by atoms with E-state index < -0.39 is 5.97 Å². The first-order valence-electron chi connectivity index (χ1n) is 6.74. The Bertz CT molecular complexity index is 450. The lowest BCUT2D eigenvalue weighted by molar-refractivity contribution is -0.144. The van der Waals surface area contributed by atoms with Gasteiger partial charge in [0.25, 0.3) is 0 Å². The Morgan fingerprint density at radius 1 is 1.47 bits per heavy atom. The number of carbonyl (C=O) groups is 1. The number of benzene rings is 1. The number of nitrogens with zero attached hydrogens (tertiary/aromatic N) is 1. The number of carboxylic acid groups (broad SMARTS) is 1. The van der Waals surface area contributed by atoms with E-state index in [9.17, 15) is 4.79 Å². The van der Waals surface area contributed by atoms with Crippen LogP contribution in [0.3, 0.4) is 0 Å². The normalized spacial score (nSPS) is 24.3. The second kappa shape index (κ2) is 6.40. The Labute approximate surface area is 119 Å². The summed E-state index contributed by atoms with van der Waals surface area (Å²) in [6.45, 7) is 4.68. The van der Waals surface area contributed by atoms with E-state index in [-0.39, 0.29) is 5.92 Å². The average Bonchev–Trinajstić information content (AvgIpc) is 2.36. The number of halogens is 1. The summed E-state index contributed by atoms with van der Waals surface area (Å²) >= 11 is 5.96. The molecule has 0 bridgehead atoms. The first-order chi connectivity index (χ1) is 9.04. The molecule has 2 unspecified atom stereocenters. The monoisotopic (exact) mass is 281 g/mol. The Kier molecular flexibility index (Phi) is 4.83. The predicted molar refractivity (Wildman–Crippen MR) is 76.5 cm³/mol. The quantitative estimate of drug-likeness (QED) is 0.922. The summed E-state index contributed by atoms with van der Waals surface area (Å²) in [5.41, 5.74) is 1.21. The molecule has 2 atom stereocenters. The first-order valence-corrected chi connectivity index (χ1v) is 7.12. The van der Waals surface area contributed by atoms with E-state index in [2.05, 4.69) is 17.9 Å². The standard InChI is InChI=1S/C15H20ClNO2/c1-11-7-13(15(18)19)10-17(9-11)6-5-12-3-2-4-14(16)8-12/h2-4,8,11,13H,5-7,9-10H2,1H3,(H,18,19). The maximum absolute atomic E-state index is 11.1. The molecule has 19 heavy (non-hydrogen) atoms. The van der Waals surface area contributed by atoms with Crippen molar-refractivity contribution >= 4 is 17.6 Å². The summed E-state index contributed by atoms with van der Waals surface area (Å²) in [5.74, 6) is -0.434. The first kappa shape index (κ1) is 14.4. The van der Waals surface area contributed by atoms with E-state index in [4.69, 9.17) is 16.7 Å². The van der Waals surface area contributed by atoms with Crippen LogP contribution in [0.25, 0.3) is 0 Å². The summed E-state index contributed by atoms with van der Waals surface area (Å²) < 4.78 is 0. The summed E-state index contributed by atoms with van der Waals surface area (Å²) in [6.07, 6.45) is 1.71. The maximum Gasteiger partial charge on any atom is 0.307 e. The molecular weight excluding hydrogens is 262 g/mol. The average molecular weight is 282 g/mol. The van der Waals surface area contributed by atoms with Gasteiger partial charge in [-0.15, -0.1) is 0 Å². The molecule has 1 aliphatic heterocycles. The maximum atomic E-state index is 11.1. The molecule has 0 aliphatic carbocycles. The van der Waals surface area contributed by atoms with E-state index in [0.29, 0.717) is 12.5 Å². The molecule has 1 aromatic rings. The lowest BCUT2D eigenvalue weighted by Gasteiger charge is -2.34. The van der Waals surface area contributed by atoms with Crippen LogP contribution in [0.5, 0.6) is 0 Å². The van der Waals surface area contributed by atoms with Gasteiger partial charge in [-0.05, 0) is 36.5 Å². The molecule has 0 aromatic heterocycles. The smallest absolute Gasteiger partial charge is 0.307 e. The van der Waals surface area contributed by atoms with Gasteiger partial charge >= 0.3 is 5.97 Å². The summed E-state index contributed by atoms with van der Waals surface area (Å²) in [5, 5.41) is 9.91. The second-order valence-electron chi connectivity index (χ2n) is 5.52. The number of rotatable bonds is 4. The fourth-order valence-electron chi connectivity index (χ4n) is 2.80. The van der Waals surface area contributed by atoms with Crippen LogP contribution in [0, 0.1) is 11.8 Å². The third-order valence-electron chi connectivity index (χ3n) is 3.69. The SMILES string of the molecule is CC1CC(C(=O)O)CN(CCc2cccc(Cl)c2)C1. The van der Waals surface area contributed by atoms with Crippen LogP contribution in [0.4, 0.5) is 0 Å². The number of carboxylic acids is 1. The predicted octanol–water partition coefficient (Wildman–Crippen LogP) is 2.93. The fourth-order valence-corrected chi connectivity index (χ4v) is 3.02. The van der Waals surface area contributed by atoms with Crippen molar-refractivity contribution in [3.05, 3.63) is 34.9 Å². The summed E-state index contributed by atoms with van der Waals surface area (Å²) in [4.78, 5) is 13.4. The van der Waals surface area contributed by atoms with Crippen molar-refractivity contribution in [2.45, 2.75) is 19.8 Å². The van der Waals surface area contributed by atoms with Gasteiger partial charge in [0.05, 0.1) is 5.92 Å². The van der Waals surface area contributed by atoms with Gasteiger partial charge < -0.3 is 10.0 Å². The second-order valence-corrected chi connectivity index (χ2v) is 5.95. The van der Waals surface area contributed by atoms with Gasteiger partial charge in [-0.25, -0.2) is 0 Å². The van der Waals surface area contributed by atoms with Crippen LogP contribution in [0.2, 0.25) is 5.02 Å². The fraction of sp³-hybridized carbons (Fsp3) is 0.533. The molecule has 104 valence electrons. The molecule has 0 spiro atoms. The number of hydrogen-bond donors (Lipinski definition) is 1. The van der Waals surface area contributed by atoms with Crippen molar-refractivity contribution in [2.24, 2.45) is 11.8 Å². The van der Waals surface area contributed by atoms with Crippen LogP contribution in [0.1, 0.15) is 18.9 Å². The van der Waals surface area contributed by atoms with Crippen molar-refractivity contribution in [3.8, 4) is 0 Å². The largest absolute Gasteiger partial charge is 0.481 e. The highest BCUT2D eigenvalue weighted by atomic mass is 35.5. The minimum Gasteiger partial charge on any atom is -0.481 e. The van der Waals surface area contributed by atoms with Crippen molar-refractivity contribution in [3.63, 3.8) is 0 Å². The number of aliphatic carboxylic acids is 1. The highest BCUT2D eigenvalue weighted by Crippen LogP contribution is 2.22. The molecule has 1 fully saturated rings. The van der Waals surface area contributed by atoms with Crippen molar-refractivity contribution < 1.29 is 9.90 Å². The molecule has 1 heterocycles. The van der Waals surface area contributed by atoms with Crippen molar-refractivity contribution in [1.29, 1.82) is 0 Å². The molecule has 0 amide bonds. The number of piperidine rings is 1. The Hall–Kier alpha value is -1.06. The minimum absolute atomic E-state index is 0.219. The highest BCUT2D eigenvalue weighted by molar-refractivity contribution is 6.30. The highest BCUT2D eigenvalue weighted by Gasteiger charge is 2.28. The third kappa shape index (κ3) is 4.22. The van der Waals surface area contributed by atoms with Gasteiger partial charge in [-0.1, -0.05) is 30.7 Å². The van der Waals surface area contributed by atoms with E-state index in [0.717, 1.165) is 31.0 Å². The minimum atomic E-state index is -0.667. The molecule has 2 rings (SSSR count). The summed E-state index contributed by atoms with van der Waals surface area (Å²) in [7, 11) is 0. The molecule has 3 nitrogen and oxygen atoms in total. The van der Waals surface area contributed by atoms with Crippen LogP contribution in [0.15, 0.2) is 24.3 Å². The Morgan fingerprint density at radius 2 is 2.26 bits per heavy atom. The molecule has 4 heteroatoms.